The number of carbonyl (C=O) groups excluding carboxylic acids is 2. The molecule has 1 N–H and O–H groups in total. The zero-order valence-electron chi connectivity index (χ0n) is 15.8. The number of amides is 3. The molecule has 3 aliphatic rings. The predicted octanol–water partition coefficient (Wildman–Crippen LogP) is 3.53. The largest absolute Gasteiger partial charge is 0.342 e. The molecule has 0 aromatic rings. The van der Waals surface area contributed by atoms with E-state index >= 15 is 0 Å². The third kappa shape index (κ3) is 4.68. The van der Waals surface area contributed by atoms with Crippen molar-refractivity contribution in [2.45, 2.75) is 89.6 Å². The van der Waals surface area contributed by atoms with Crippen LogP contribution in [0.2, 0.25) is 0 Å². The van der Waals surface area contributed by atoms with Crippen LogP contribution >= 0.6 is 0 Å². The van der Waals surface area contributed by atoms with Crippen molar-refractivity contribution in [2.75, 3.05) is 19.6 Å². The Hall–Kier alpha value is -1.26. The lowest BCUT2D eigenvalue weighted by Gasteiger charge is -2.39. The first-order valence-corrected chi connectivity index (χ1v) is 10.5. The van der Waals surface area contributed by atoms with E-state index in [0.717, 1.165) is 64.6 Å². The van der Waals surface area contributed by atoms with Crippen LogP contribution in [0.1, 0.15) is 77.6 Å². The number of rotatable bonds is 3. The summed E-state index contributed by atoms with van der Waals surface area (Å²) < 4.78 is 0. The average Bonchev–Trinajstić information content (AvgIpc) is 2.68. The summed E-state index contributed by atoms with van der Waals surface area (Å²) >= 11 is 0. The summed E-state index contributed by atoms with van der Waals surface area (Å²) in [5, 5.41) is 3.24. The van der Waals surface area contributed by atoms with Crippen LogP contribution in [0.25, 0.3) is 0 Å². The first kappa shape index (κ1) is 18.5. The molecule has 2 heterocycles. The summed E-state index contributed by atoms with van der Waals surface area (Å²) in [7, 11) is 0. The third-order valence-corrected chi connectivity index (χ3v) is 6.45. The fraction of sp³-hybridized carbons (Fsp3) is 0.900. The first-order valence-electron chi connectivity index (χ1n) is 10.5. The van der Waals surface area contributed by atoms with Crippen molar-refractivity contribution >= 4 is 11.9 Å². The van der Waals surface area contributed by atoms with Crippen LogP contribution < -0.4 is 5.32 Å². The molecular formula is C20H35N3O2. The van der Waals surface area contributed by atoms with Crippen molar-refractivity contribution < 1.29 is 9.59 Å². The summed E-state index contributed by atoms with van der Waals surface area (Å²) in [4.78, 5) is 29.4. The molecule has 0 aromatic carbocycles. The van der Waals surface area contributed by atoms with Gasteiger partial charge in [0.1, 0.15) is 0 Å². The Morgan fingerprint density at radius 1 is 0.880 bits per heavy atom. The minimum absolute atomic E-state index is 0.114. The van der Waals surface area contributed by atoms with Crippen LogP contribution in [0.4, 0.5) is 4.79 Å². The van der Waals surface area contributed by atoms with E-state index in [1.54, 1.807) is 0 Å². The normalized spacial score (nSPS) is 26.5. The number of hydrogen-bond acceptors (Lipinski definition) is 2. The molecule has 5 nitrogen and oxygen atoms in total. The number of piperidine rings is 2. The minimum Gasteiger partial charge on any atom is -0.342 e. The van der Waals surface area contributed by atoms with Crippen LogP contribution in [-0.2, 0) is 4.79 Å². The van der Waals surface area contributed by atoms with Crippen LogP contribution in [0.5, 0.6) is 0 Å². The maximum atomic E-state index is 12.6. The molecule has 3 fully saturated rings. The molecule has 0 unspecified atom stereocenters. The van der Waals surface area contributed by atoms with Gasteiger partial charge in [-0.2, -0.15) is 0 Å². The molecule has 142 valence electrons. The van der Waals surface area contributed by atoms with Gasteiger partial charge in [-0.3, -0.25) is 4.79 Å². The standard InChI is InChI=1S/C20H35N3O2/c1-2-18-10-6-7-13-23(18)20(25)21-17-11-14-22(15-12-17)19(24)16-8-4-3-5-9-16/h16-18H,2-15H2,1H3,(H,21,25)/t18-/m1/s1. The van der Waals surface area contributed by atoms with Gasteiger partial charge in [-0.05, 0) is 51.4 Å². The smallest absolute Gasteiger partial charge is 0.317 e. The molecule has 1 aliphatic carbocycles. The Labute approximate surface area is 152 Å². The molecule has 3 amide bonds. The van der Waals surface area contributed by atoms with Gasteiger partial charge in [0.25, 0.3) is 0 Å². The molecule has 25 heavy (non-hydrogen) atoms. The number of carbonyl (C=O) groups is 2. The van der Waals surface area contributed by atoms with Crippen LogP contribution in [0, 0.1) is 5.92 Å². The lowest BCUT2D eigenvalue weighted by molar-refractivity contribution is -0.137. The second kappa shape index (κ2) is 8.91. The lowest BCUT2D eigenvalue weighted by Crippen LogP contribution is -2.54. The van der Waals surface area contributed by atoms with Crippen LogP contribution in [0.3, 0.4) is 0 Å². The van der Waals surface area contributed by atoms with E-state index in [-0.39, 0.29) is 18.0 Å². The highest BCUT2D eigenvalue weighted by atomic mass is 16.2. The maximum Gasteiger partial charge on any atom is 0.317 e. The highest BCUT2D eigenvalue weighted by molar-refractivity contribution is 5.79. The number of likely N-dealkylation sites (tertiary alicyclic amines) is 2. The van der Waals surface area contributed by atoms with E-state index in [9.17, 15) is 9.59 Å². The van der Waals surface area contributed by atoms with Crippen molar-refractivity contribution in [2.24, 2.45) is 5.92 Å². The van der Waals surface area contributed by atoms with Gasteiger partial charge in [0.15, 0.2) is 0 Å². The van der Waals surface area contributed by atoms with E-state index in [1.165, 1.54) is 25.7 Å². The number of urea groups is 1. The van der Waals surface area contributed by atoms with Crippen molar-refractivity contribution in [1.82, 2.24) is 15.1 Å². The first-order chi connectivity index (χ1) is 12.2. The Kier molecular flexibility index (Phi) is 6.60. The molecule has 2 aliphatic heterocycles. The quantitative estimate of drug-likeness (QED) is 0.847. The Balaban J connectivity index is 1.44. The second-order valence-corrected chi connectivity index (χ2v) is 8.14. The molecule has 5 heteroatoms. The van der Waals surface area contributed by atoms with E-state index in [0.29, 0.717) is 11.9 Å². The van der Waals surface area contributed by atoms with Crippen molar-refractivity contribution in [1.29, 1.82) is 0 Å². The van der Waals surface area contributed by atoms with E-state index in [2.05, 4.69) is 12.2 Å². The zero-order chi connectivity index (χ0) is 17.6. The topological polar surface area (TPSA) is 52.7 Å². The Morgan fingerprint density at radius 3 is 2.24 bits per heavy atom. The summed E-state index contributed by atoms with van der Waals surface area (Å²) in [6.07, 6.45) is 12.2. The summed E-state index contributed by atoms with van der Waals surface area (Å²) in [6, 6.07) is 0.743. The third-order valence-electron chi connectivity index (χ3n) is 6.45. The fourth-order valence-corrected chi connectivity index (χ4v) is 4.80. The number of hydrogen-bond donors (Lipinski definition) is 1. The van der Waals surface area contributed by atoms with E-state index < -0.39 is 0 Å². The second-order valence-electron chi connectivity index (χ2n) is 8.14. The molecule has 3 rings (SSSR count). The molecule has 1 saturated carbocycles. The van der Waals surface area contributed by atoms with E-state index in [1.807, 2.05) is 9.80 Å². The fourth-order valence-electron chi connectivity index (χ4n) is 4.80. The van der Waals surface area contributed by atoms with Gasteiger partial charge in [-0.25, -0.2) is 4.79 Å². The van der Waals surface area contributed by atoms with Gasteiger partial charge in [-0.15, -0.1) is 0 Å². The molecule has 2 saturated heterocycles. The monoisotopic (exact) mass is 349 g/mol. The molecule has 0 bridgehead atoms. The van der Waals surface area contributed by atoms with Crippen molar-refractivity contribution in [3.63, 3.8) is 0 Å². The molecule has 0 aromatic heterocycles. The van der Waals surface area contributed by atoms with Crippen LogP contribution in [-0.4, -0.2) is 53.5 Å². The van der Waals surface area contributed by atoms with Crippen molar-refractivity contribution in [3.05, 3.63) is 0 Å². The van der Waals surface area contributed by atoms with Crippen molar-refractivity contribution in [3.8, 4) is 0 Å². The summed E-state index contributed by atoms with van der Waals surface area (Å²) in [5.74, 6) is 0.630. The van der Waals surface area contributed by atoms with Crippen LogP contribution in [0.15, 0.2) is 0 Å². The highest BCUT2D eigenvalue weighted by Crippen LogP contribution is 2.27. The SMILES string of the molecule is CC[C@@H]1CCCCN1C(=O)NC1CCN(C(=O)C2CCCCC2)CC1. The summed E-state index contributed by atoms with van der Waals surface area (Å²) in [6.45, 7) is 4.67. The number of nitrogens with zero attached hydrogens (tertiary/aromatic N) is 2. The molecule has 0 radical (unpaired) electrons. The predicted molar refractivity (Wildman–Crippen MR) is 99.3 cm³/mol. The highest BCUT2D eigenvalue weighted by Gasteiger charge is 2.31. The van der Waals surface area contributed by atoms with Gasteiger partial charge < -0.3 is 15.1 Å². The van der Waals surface area contributed by atoms with Gasteiger partial charge in [0.2, 0.25) is 5.91 Å². The maximum absolute atomic E-state index is 12.6. The molecule has 1 atom stereocenters. The lowest BCUT2D eigenvalue weighted by atomic mass is 9.87. The molecule has 0 spiro atoms. The van der Waals surface area contributed by atoms with E-state index in [4.69, 9.17) is 0 Å². The average molecular weight is 350 g/mol. The Bertz CT molecular complexity index is 454. The van der Waals surface area contributed by atoms with Gasteiger partial charge in [-0.1, -0.05) is 26.2 Å². The minimum atomic E-state index is 0.114. The summed E-state index contributed by atoms with van der Waals surface area (Å²) in [5.41, 5.74) is 0. The van der Waals surface area contributed by atoms with Gasteiger partial charge in [0, 0.05) is 37.6 Å². The molecular weight excluding hydrogens is 314 g/mol. The van der Waals surface area contributed by atoms with Gasteiger partial charge >= 0.3 is 6.03 Å². The Morgan fingerprint density at radius 2 is 1.56 bits per heavy atom. The van der Waals surface area contributed by atoms with Gasteiger partial charge in [0.05, 0.1) is 0 Å². The number of nitrogens with one attached hydrogen (secondary N) is 1. The zero-order valence-corrected chi connectivity index (χ0v) is 15.8.